The van der Waals surface area contributed by atoms with Gasteiger partial charge in [-0.3, -0.25) is 9.36 Å². The van der Waals surface area contributed by atoms with Crippen molar-refractivity contribution in [2.45, 2.75) is 31.3 Å². The SMILES string of the molecule is CCOc1ccc(C(C)=O)cc1CSc1nnc(-c2ccco2)n1Cc1ccccc1. The number of ether oxygens (including phenoxy) is 1. The van der Waals surface area contributed by atoms with Crippen LogP contribution in [0.5, 0.6) is 5.75 Å². The van der Waals surface area contributed by atoms with Crippen LogP contribution in [0.3, 0.4) is 0 Å². The molecule has 0 saturated heterocycles. The van der Waals surface area contributed by atoms with Gasteiger partial charge in [0.2, 0.25) is 5.82 Å². The van der Waals surface area contributed by atoms with Gasteiger partial charge in [-0.2, -0.15) is 0 Å². The van der Waals surface area contributed by atoms with Crippen molar-refractivity contribution in [2.75, 3.05) is 6.61 Å². The Morgan fingerprint density at radius 1 is 1.10 bits per heavy atom. The number of carbonyl (C=O) groups is 1. The van der Waals surface area contributed by atoms with Crippen LogP contribution in [-0.4, -0.2) is 27.2 Å². The van der Waals surface area contributed by atoms with Crippen molar-refractivity contribution in [2.24, 2.45) is 0 Å². The lowest BCUT2D eigenvalue weighted by Gasteiger charge is -2.12. The molecule has 0 aliphatic rings. The van der Waals surface area contributed by atoms with Crippen LogP contribution in [0, 0.1) is 0 Å². The number of hydrogen-bond acceptors (Lipinski definition) is 6. The minimum Gasteiger partial charge on any atom is -0.494 e. The molecule has 2 aromatic heterocycles. The van der Waals surface area contributed by atoms with Gasteiger partial charge in [-0.15, -0.1) is 10.2 Å². The van der Waals surface area contributed by atoms with Crippen molar-refractivity contribution in [3.63, 3.8) is 0 Å². The first-order valence-corrected chi connectivity index (χ1v) is 11.0. The Kier molecular flexibility index (Phi) is 6.52. The molecule has 0 atom stereocenters. The molecule has 31 heavy (non-hydrogen) atoms. The molecule has 2 aromatic carbocycles. The monoisotopic (exact) mass is 433 g/mol. The van der Waals surface area contributed by atoms with Gasteiger partial charge in [0.25, 0.3) is 0 Å². The van der Waals surface area contributed by atoms with E-state index < -0.39 is 0 Å². The third-order valence-corrected chi connectivity index (χ3v) is 5.78. The molecule has 2 heterocycles. The van der Waals surface area contributed by atoms with Crippen molar-refractivity contribution >= 4 is 17.5 Å². The Morgan fingerprint density at radius 3 is 2.65 bits per heavy atom. The Labute approximate surface area is 185 Å². The van der Waals surface area contributed by atoms with Gasteiger partial charge in [0.1, 0.15) is 5.75 Å². The number of rotatable bonds is 9. The number of carbonyl (C=O) groups excluding carboxylic acids is 1. The Bertz CT molecular complexity index is 1150. The zero-order valence-electron chi connectivity index (χ0n) is 17.4. The number of aromatic nitrogens is 3. The highest BCUT2D eigenvalue weighted by Crippen LogP contribution is 2.31. The van der Waals surface area contributed by atoms with Crippen LogP contribution in [0.15, 0.2) is 76.5 Å². The van der Waals surface area contributed by atoms with Gasteiger partial charge >= 0.3 is 0 Å². The van der Waals surface area contributed by atoms with E-state index in [1.807, 2.05) is 54.0 Å². The number of Topliss-reactive ketones (excluding diaryl/α,β-unsaturated/α-hetero) is 1. The molecule has 0 bridgehead atoms. The smallest absolute Gasteiger partial charge is 0.200 e. The average molecular weight is 434 g/mol. The molecular formula is C24H23N3O3S. The maximum Gasteiger partial charge on any atom is 0.200 e. The number of thioether (sulfide) groups is 1. The van der Waals surface area contributed by atoms with E-state index in [9.17, 15) is 4.79 Å². The second-order valence-corrected chi connectivity index (χ2v) is 7.90. The molecule has 0 radical (unpaired) electrons. The minimum atomic E-state index is 0.0293. The third kappa shape index (κ3) is 4.88. The first kappa shape index (κ1) is 20.9. The predicted molar refractivity (Wildman–Crippen MR) is 120 cm³/mol. The summed E-state index contributed by atoms with van der Waals surface area (Å²) in [5.41, 5.74) is 2.76. The molecule has 0 amide bonds. The molecule has 0 aliphatic heterocycles. The van der Waals surface area contributed by atoms with Gasteiger partial charge in [0, 0.05) is 16.9 Å². The molecule has 4 rings (SSSR count). The molecular weight excluding hydrogens is 410 g/mol. The second kappa shape index (κ2) is 9.66. The number of nitrogens with zero attached hydrogens (tertiary/aromatic N) is 3. The van der Waals surface area contributed by atoms with Crippen LogP contribution in [0.1, 0.15) is 35.3 Å². The van der Waals surface area contributed by atoms with Crippen LogP contribution >= 0.6 is 11.8 Å². The Morgan fingerprint density at radius 2 is 1.94 bits per heavy atom. The van der Waals surface area contributed by atoms with E-state index in [1.54, 1.807) is 31.0 Å². The van der Waals surface area contributed by atoms with Crippen molar-refractivity contribution in [1.29, 1.82) is 0 Å². The number of furan rings is 1. The largest absolute Gasteiger partial charge is 0.494 e. The van der Waals surface area contributed by atoms with Crippen molar-refractivity contribution in [3.8, 4) is 17.3 Å². The lowest BCUT2D eigenvalue weighted by atomic mass is 10.1. The van der Waals surface area contributed by atoms with Crippen LogP contribution in [0.4, 0.5) is 0 Å². The van der Waals surface area contributed by atoms with Gasteiger partial charge < -0.3 is 9.15 Å². The van der Waals surface area contributed by atoms with E-state index in [0.717, 1.165) is 22.0 Å². The van der Waals surface area contributed by atoms with Gasteiger partial charge in [-0.1, -0.05) is 42.1 Å². The normalized spacial score (nSPS) is 10.9. The van der Waals surface area contributed by atoms with Crippen LogP contribution in [-0.2, 0) is 12.3 Å². The van der Waals surface area contributed by atoms with Gasteiger partial charge in [-0.25, -0.2) is 0 Å². The molecule has 4 aromatic rings. The quantitative estimate of drug-likeness (QED) is 0.257. The summed E-state index contributed by atoms with van der Waals surface area (Å²) >= 11 is 1.55. The van der Waals surface area contributed by atoms with Crippen molar-refractivity contribution in [3.05, 3.63) is 83.6 Å². The molecule has 0 fully saturated rings. The molecule has 0 saturated carbocycles. The van der Waals surface area contributed by atoms with E-state index in [4.69, 9.17) is 9.15 Å². The van der Waals surface area contributed by atoms with E-state index in [2.05, 4.69) is 22.3 Å². The topological polar surface area (TPSA) is 70.2 Å². The molecule has 7 heteroatoms. The summed E-state index contributed by atoms with van der Waals surface area (Å²) in [4.78, 5) is 11.8. The summed E-state index contributed by atoms with van der Waals surface area (Å²) in [5, 5.41) is 9.58. The summed E-state index contributed by atoms with van der Waals surface area (Å²) in [7, 11) is 0. The highest BCUT2D eigenvalue weighted by molar-refractivity contribution is 7.98. The molecule has 0 N–H and O–H groups in total. The summed E-state index contributed by atoms with van der Waals surface area (Å²) in [6.07, 6.45) is 1.63. The lowest BCUT2D eigenvalue weighted by Crippen LogP contribution is -2.04. The van der Waals surface area contributed by atoms with Crippen LogP contribution < -0.4 is 4.74 Å². The zero-order valence-corrected chi connectivity index (χ0v) is 18.3. The Hall–Kier alpha value is -3.32. The Balaban J connectivity index is 1.64. The molecule has 6 nitrogen and oxygen atoms in total. The van der Waals surface area contributed by atoms with Gasteiger partial charge in [-0.05, 0) is 49.7 Å². The number of hydrogen-bond donors (Lipinski definition) is 0. The number of ketones is 1. The first-order valence-electron chi connectivity index (χ1n) is 10.1. The minimum absolute atomic E-state index is 0.0293. The van der Waals surface area contributed by atoms with E-state index in [0.29, 0.717) is 36.1 Å². The fourth-order valence-corrected chi connectivity index (χ4v) is 4.16. The summed E-state index contributed by atoms with van der Waals surface area (Å²) in [5.74, 6) is 2.76. The fraction of sp³-hybridized carbons (Fsp3) is 0.208. The zero-order chi connectivity index (χ0) is 21.6. The van der Waals surface area contributed by atoms with Gasteiger partial charge in [0.05, 0.1) is 19.4 Å². The molecule has 158 valence electrons. The highest BCUT2D eigenvalue weighted by atomic mass is 32.2. The number of benzene rings is 2. The van der Waals surface area contributed by atoms with E-state index >= 15 is 0 Å². The summed E-state index contributed by atoms with van der Waals surface area (Å²) in [6.45, 7) is 4.70. The van der Waals surface area contributed by atoms with E-state index in [1.165, 1.54) is 0 Å². The average Bonchev–Trinajstić information content (AvgIpc) is 3.44. The molecule has 0 unspecified atom stereocenters. The first-order chi connectivity index (χ1) is 15.2. The third-order valence-electron chi connectivity index (χ3n) is 4.77. The van der Waals surface area contributed by atoms with Crippen molar-refractivity contribution < 1.29 is 13.9 Å². The maximum absolute atomic E-state index is 11.8. The molecule has 0 aliphatic carbocycles. The highest BCUT2D eigenvalue weighted by Gasteiger charge is 2.18. The lowest BCUT2D eigenvalue weighted by molar-refractivity contribution is 0.101. The predicted octanol–water partition coefficient (Wildman–Crippen LogP) is 5.48. The summed E-state index contributed by atoms with van der Waals surface area (Å²) < 4.78 is 13.4. The van der Waals surface area contributed by atoms with Gasteiger partial charge in [0.15, 0.2) is 16.7 Å². The van der Waals surface area contributed by atoms with Crippen LogP contribution in [0.25, 0.3) is 11.6 Å². The second-order valence-electron chi connectivity index (χ2n) is 6.96. The fourth-order valence-electron chi connectivity index (χ4n) is 3.24. The molecule has 0 spiro atoms. The van der Waals surface area contributed by atoms with Crippen LogP contribution in [0.2, 0.25) is 0 Å². The van der Waals surface area contributed by atoms with Crippen molar-refractivity contribution in [1.82, 2.24) is 14.8 Å². The maximum atomic E-state index is 11.8. The summed E-state index contributed by atoms with van der Waals surface area (Å²) in [6, 6.07) is 19.4. The van der Waals surface area contributed by atoms with E-state index in [-0.39, 0.29) is 5.78 Å². The standard InChI is InChI=1S/C24H23N3O3S/c1-3-29-21-12-11-19(17(2)28)14-20(21)16-31-24-26-25-23(22-10-7-13-30-22)27(24)15-18-8-5-4-6-9-18/h4-14H,3,15-16H2,1-2H3.